The number of hydrogen-bond acceptors (Lipinski definition) is 5. The largest absolute Gasteiger partial charge is 0.354 e. The fourth-order valence-electron chi connectivity index (χ4n) is 2.83. The number of hydroxylamine groups is 2. The molecule has 2 unspecified atom stereocenters. The second kappa shape index (κ2) is 12.2. The summed E-state index contributed by atoms with van der Waals surface area (Å²) in [5.41, 5.74) is 0. The summed E-state index contributed by atoms with van der Waals surface area (Å²) < 4.78 is 15.5. The summed E-state index contributed by atoms with van der Waals surface area (Å²) in [6.45, 7) is 4.78. The van der Waals surface area contributed by atoms with Gasteiger partial charge in [0.25, 0.3) is 0 Å². The molecular weight excluding hydrogens is 444 g/mol. The number of nitrogens with zero attached hydrogens (tertiary/aromatic N) is 4. The van der Waals surface area contributed by atoms with Gasteiger partial charge in [0.1, 0.15) is 11.9 Å². The quantitative estimate of drug-likeness (QED) is 0.197. The van der Waals surface area contributed by atoms with Gasteiger partial charge in [0.15, 0.2) is 0 Å². The average Bonchev–Trinajstić information content (AvgIpc) is 2.72. The number of unbranched alkanes of at least 4 members (excludes halogenated alkanes) is 3. The smallest absolute Gasteiger partial charge is 0.234 e. The number of pyridine rings is 1. The molecule has 1 aliphatic rings. The molecule has 0 aromatic carbocycles. The molecule has 0 spiro atoms. The lowest BCUT2D eigenvalue weighted by molar-refractivity contribution is -0.153. The highest BCUT2D eigenvalue weighted by Gasteiger charge is 2.25. The lowest BCUT2D eigenvalue weighted by atomic mass is 10.2. The lowest BCUT2D eigenvalue weighted by Crippen LogP contribution is -2.49. The van der Waals surface area contributed by atoms with Gasteiger partial charge in [-0.05, 0) is 34.5 Å². The minimum absolute atomic E-state index is 0.104. The molecule has 1 saturated heterocycles. The standard InChI is InChI=1S/C19H27BrN4O3S/c1-2-3-4-5-6-7-18(24(26)16-25)15-28(27)23-12-10-22(11-13-23)19-9-8-17(20)14-21-19/h8-9,14,16,18,26H,2-5,10-13,15H2,1H3. The molecule has 9 heteroatoms. The Hall–Kier alpha value is -1.47. The van der Waals surface area contributed by atoms with Crippen LogP contribution in [0.25, 0.3) is 0 Å². The molecule has 1 aromatic heterocycles. The molecule has 28 heavy (non-hydrogen) atoms. The van der Waals surface area contributed by atoms with Crippen molar-refractivity contribution in [1.82, 2.24) is 14.4 Å². The van der Waals surface area contributed by atoms with Crippen molar-refractivity contribution in [2.45, 2.75) is 38.6 Å². The van der Waals surface area contributed by atoms with Gasteiger partial charge in [-0.25, -0.2) is 18.6 Å². The Morgan fingerprint density at radius 1 is 1.36 bits per heavy atom. The van der Waals surface area contributed by atoms with Gasteiger partial charge in [0.2, 0.25) is 6.41 Å². The second-order valence-corrected chi connectivity index (χ2v) is 8.93. The van der Waals surface area contributed by atoms with E-state index in [9.17, 15) is 14.2 Å². The van der Waals surface area contributed by atoms with Gasteiger partial charge in [-0.2, -0.15) is 0 Å². The van der Waals surface area contributed by atoms with Crippen LogP contribution in [-0.4, -0.2) is 68.2 Å². The third-order valence-corrected chi connectivity index (χ3v) is 6.48. The molecule has 1 amide bonds. The van der Waals surface area contributed by atoms with Crippen molar-refractivity contribution in [3.8, 4) is 11.8 Å². The summed E-state index contributed by atoms with van der Waals surface area (Å²) in [6.07, 6.45) is 5.98. The van der Waals surface area contributed by atoms with Crippen molar-refractivity contribution in [3.63, 3.8) is 0 Å². The zero-order valence-electron chi connectivity index (χ0n) is 16.1. The summed E-state index contributed by atoms with van der Waals surface area (Å²) in [5, 5.41) is 10.3. The van der Waals surface area contributed by atoms with E-state index in [0.717, 1.165) is 29.6 Å². The number of rotatable bonds is 9. The molecule has 1 N–H and O–H groups in total. The van der Waals surface area contributed by atoms with E-state index < -0.39 is 17.0 Å². The van der Waals surface area contributed by atoms with Crippen molar-refractivity contribution in [2.75, 3.05) is 36.8 Å². The van der Waals surface area contributed by atoms with Crippen LogP contribution in [0.4, 0.5) is 5.82 Å². The zero-order valence-corrected chi connectivity index (χ0v) is 18.5. The number of carbonyl (C=O) groups excluding carboxylic acids is 1. The number of halogens is 1. The number of carbonyl (C=O) groups is 1. The minimum Gasteiger partial charge on any atom is -0.354 e. The van der Waals surface area contributed by atoms with Crippen molar-refractivity contribution >= 4 is 39.1 Å². The fourth-order valence-corrected chi connectivity index (χ4v) is 4.35. The highest BCUT2D eigenvalue weighted by Crippen LogP contribution is 2.17. The molecule has 2 rings (SSSR count). The number of hydrogen-bond donors (Lipinski definition) is 1. The van der Waals surface area contributed by atoms with Gasteiger partial charge < -0.3 is 4.90 Å². The monoisotopic (exact) mass is 470 g/mol. The number of piperazine rings is 1. The third kappa shape index (κ3) is 7.17. The van der Waals surface area contributed by atoms with Crippen LogP contribution in [0.3, 0.4) is 0 Å². The topological polar surface area (TPSA) is 77.0 Å². The molecule has 2 atom stereocenters. The van der Waals surface area contributed by atoms with Crippen LogP contribution < -0.4 is 4.90 Å². The Balaban J connectivity index is 1.87. The van der Waals surface area contributed by atoms with Gasteiger partial charge in [-0.15, -0.1) is 5.92 Å². The summed E-state index contributed by atoms with van der Waals surface area (Å²) in [6, 6.07) is 3.15. The first-order valence-corrected chi connectivity index (χ1v) is 11.5. The van der Waals surface area contributed by atoms with Gasteiger partial charge in [-0.3, -0.25) is 10.0 Å². The van der Waals surface area contributed by atoms with Crippen LogP contribution in [0.1, 0.15) is 32.6 Å². The Morgan fingerprint density at radius 2 is 2.11 bits per heavy atom. The number of amides is 1. The maximum absolute atomic E-state index is 12.7. The first-order chi connectivity index (χ1) is 13.5. The Bertz CT molecular complexity index is 699. The Kier molecular flexibility index (Phi) is 9.92. The van der Waals surface area contributed by atoms with Crippen molar-refractivity contribution < 1.29 is 14.2 Å². The van der Waals surface area contributed by atoms with E-state index in [1.807, 2.05) is 16.4 Å². The predicted molar refractivity (Wildman–Crippen MR) is 114 cm³/mol. The fraction of sp³-hybridized carbons (Fsp3) is 0.579. The number of aromatic nitrogens is 1. The molecule has 1 aliphatic heterocycles. The Morgan fingerprint density at radius 3 is 2.71 bits per heavy atom. The van der Waals surface area contributed by atoms with E-state index in [0.29, 0.717) is 44.1 Å². The molecule has 0 saturated carbocycles. The molecule has 0 aliphatic carbocycles. The minimum atomic E-state index is -1.33. The Labute approximate surface area is 177 Å². The van der Waals surface area contributed by atoms with Gasteiger partial charge >= 0.3 is 0 Å². The molecular formula is C19H27BrN4O3S. The first kappa shape index (κ1) is 22.8. The molecule has 2 heterocycles. The number of anilines is 1. The highest BCUT2D eigenvalue weighted by molar-refractivity contribution is 9.10. The van der Waals surface area contributed by atoms with Gasteiger partial charge in [0.05, 0.1) is 16.7 Å². The van der Waals surface area contributed by atoms with Gasteiger partial charge in [0, 0.05) is 43.3 Å². The van der Waals surface area contributed by atoms with Crippen LogP contribution in [0.15, 0.2) is 22.8 Å². The van der Waals surface area contributed by atoms with E-state index in [-0.39, 0.29) is 5.75 Å². The molecule has 7 nitrogen and oxygen atoms in total. The molecule has 1 fully saturated rings. The lowest BCUT2D eigenvalue weighted by Gasteiger charge is -2.35. The molecule has 154 valence electrons. The summed E-state index contributed by atoms with van der Waals surface area (Å²) in [5.74, 6) is 6.88. The van der Waals surface area contributed by atoms with E-state index in [1.54, 1.807) is 6.20 Å². The summed E-state index contributed by atoms with van der Waals surface area (Å²) in [7, 11) is -1.33. The molecule has 0 radical (unpaired) electrons. The van der Waals surface area contributed by atoms with E-state index >= 15 is 0 Å². The predicted octanol–water partition coefficient (Wildman–Crippen LogP) is 2.43. The van der Waals surface area contributed by atoms with Crippen molar-refractivity contribution in [2.24, 2.45) is 0 Å². The maximum atomic E-state index is 12.7. The highest BCUT2D eigenvalue weighted by atomic mass is 79.9. The average molecular weight is 471 g/mol. The second-order valence-electron chi connectivity index (χ2n) is 6.52. The van der Waals surface area contributed by atoms with Crippen LogP contribution in [0.5, 0.6) is 0 Å². The summed E-state index contributed by atoms with van der Waals surface area (Å²) >= 11 is 3.38. The van der Waals surface area contributed by atoms with Crippen molar-refractivity contribution in [1.29, 1.82) is 0 Å². The third-order valence-electron chi connectivity index (χ3n) is 4.46. The SMILES string of the molecule is CCCCCC#CC(CS(=O)N1CCN(c2ccc(Br)cn2)CC1)N(O)C=O. The van der Waals surface area contributed by atoms with Crippen LogP contribution in [-0.2, 0) is 15.8 Å². The van der Waals surface area contributed by atoms with Crippen molar-refractivity contribution in [3.05, 3.63) is 22.8 Å². The zero-order chi connectivity index (χ0) is 20.4. The maximum Gasteiger partial charge on any atom is 0.234 e. The van der Waals surface area contributed by atoms with Crippen LogP contribution in [0, 0.1) is 11.8 Å². The van der Waals surface area contributed by atoms with Crippen LogP contribution >= 0.6 is 15.9 Å². The van der Waals surface area contributed by atoms with E-state index in [1.165, 1.54) is 0 Å². The van der Waals surface area contributed by atoms with E-state index in [2.05, 4.69) is 44.6 Å². The van der Waals surface area contributed by atoms with Crippen LogP contribution in [0.2, 0.25) is 0 Å². The normalized spacial score (nSPS) is 16.8. The molecule has 0 bridgehead atoms. The van der Waals surface area contributed by atoms with E-state index in [4.69, 9.17) is 0 Å². The molecule has 1 aromatic rings. The van der Waals surface area contributed by atoms with Gasteiger partial charge in [-0.1, -0.05) is 25.7 Å². The first-order valence-electron chi connectivity index (χ1n) is 9.46. The summed E-state index contributed by atoms with van der Waals surface area (Å²) in [4.78, 5) is 17.5.